The quantitative estimate of drug-likeness (QED) is 0.187. The Kier molecular flexibility index (Phi) is 6.47. The van der Waals surface area contributed by atoms with E-state index in [0.29, 0.717) is 28.9 Å². The number of fused-ring (bicyclic) bond motifs is 6. The van der Waals surface area contributed by atoms with Crippen molar-refractivity contribution in [3.05, 3.63) is 151 Å². The van der Waals surface area contributed by atoms with Crippen LogP contribution in [0.1, 0.15) is 11.1 Å². The van der Waals surface area contributed by atoms with E-state index in [2.05, 4.69) is 34.8 Å². The number of aromatic nitrogens is 3. The van der Waals surface area contributed by atoms with Crippen molar-refractivity contribution >= 4 is 55.9 Å². The Bertz CT molecular complexity index is 2600. The molecule has 0 atom stereocenters. The fraction of sp³-hybridized carbons (Fsp3) is 0. The SMILES string of the molecule is N=C1/C(=N\Nc2ccccc2)C=Cc2ccc3ccc(-c4nc(-c5ccccc5)nc(-c5cccc6oc7ccccc7c56)n4)cc3c21. The number of benzene rings is 6. The highest BCUT2D eigenvalue weighted by molar-refractivity contribution is 6.55. The van der Waals surface area contributed by atoms with Crippen LogP contribution in [0.3, 0.4) is 0 Å². The van der Waals surface area contributed by atoms with E-state index in [-0.39, 0.29) is 0 Å². The van der Waals surface area contributed by atoms with E-state index in [1.54, 1.807) is 0 Å². The first kappa shape index (κ1) is 27.6. The number of hydrogen-bond donors (Lipinski definition) is 2. The van der Waals surface area contributed by atoms with Crippen molar-refractivity contribution < 1.29 is 4.42 Å². The van der Waals surface area contributed by atoms with Crippen molar-refractivity contribution in [1.82, 2.24) is 15.0 Å². The first-order valence-corrected chi connectivity index (χ1v) is 15.6. The molecule has 0 amide bonds. The smallest absolute Gasteiger partial charge is 0.164 e. The number of para-hydroxylation sites is 2. The summed E-state index contributed by atoms with van der Waals surface area (Å²) in [4.78, 5) is 15.1. The van der Waals surface area contributed by atoms with Crippen molar-refractivity contribution in [2.75, 3.05) is 5.43 Å². The molecule has 0 radical (unpaired) electrons. The molecule has 8 aromatic rings. The van der Waals surface area contributed by atoms with Crippen LogP contribution in [0.25, 0.3) is 73.0 Å². The molecule has 2 N–H and O–H groups in total. The number of nitrogens with zero attached hydrogens (tertiary/aromatic N) is 4. The first-order chi connectivity index (χ1) is 23.7. The van der Waals surface area contributed by atoms with Crippen molar-refractivity contribution in [2.24, 2.45) is 5.10 Å². The lowest BCUT2D eigenvalue weighted by molar-refractivity contribution is 0.669. The van der Waals surface area contributed by atoms with E-state index in [4.69, 9.17) is 19.4 Å². The number of rotatable bonds is 5. The fourth-order valence-electron chi connectivity index (χ4n) is 6.31. The zero-order valence-electron chi connectivity index (χ0n) is 25.6. The Morgan fingerprint density at radius 2 is 1.29 bits per heavy atom. The lowest BCUT2D eigenvalue weighted by atomic mass is 9.88. The number of allylic oxidation sites excluding steroid dienone is 1. The molecule has 48 heavy (non-hydrogen) atoms. The Hall–Kier alpha value is -6.73. The zero-order chi connectivity index (χ0) is 32.0. The summed E-state index contributed by atoms with van der Waals surface area (Å²) >= 11 is 0. The number of hydrazone groups is 1. The third-order valence-electron chi connectivity index (χ3n) is 8.63. The van der Waals surface area contributed by atoms with Crippen LogP contribution < -0.4 is 5.43 Å². The van der Waals surface area contributed by atoms with Gasteiger partial charge in [0.05, 0.1) is 11.4 Å². The van der Waals surface area contributed by atoms with Crippen LogP contribution in [-0.2, 0) is 0 Å². The maximum absolute atomic E-state index is 9.20. The molecule has 1 aliphatic carbocycles. The van der Waals surface area contributed by atoms with Crippen LogP contribution in [0.2, 0.25) is 0 Å². The summed E-state index contributed by atoms with van der Waals surface area (Å²) in [6, 6.07) is 44.0. The Morgan fingerprint density at radius 3 is 2.15 bits per heavy atom. The van der Waals surface area contributed by atoms with Crippen molar-refractivity contribution in [3.63, 3.8) is 0 Å². The fourth-order valence-corrected chi connectivity index (χ4v) is 6.31. The lowest BCUT2D eigenvalue weighted by Crippen LogP contribution is -2.18. The number of nitrogens with one attached hydrogen (secondary N) is 2. The molecular formula is C41H26N6O. The third-order valence-corrected chi connectivity index (χ3v) is 8.63. The molecule has 0 spiro atoms. The van der Waals surface area contributed by atoms with Crippen LogP contribution >= 0.6 is 0 Å². The second-order valence-corrected chi connectivity index (χ2v) is 11.6. The van der Waals surface area contributed by atoms with Gasteiger partial charge in [-0.05, 0) is 52.7 Å². The minimum absolute atomic E-state index is 0.346. The van der Waals surface area contributed by atoms with Gasteiger partial charge in [-0.1, -0.05) is 109 Å². The molecule has 7 nitrogen and oxygen atoms in total. The molecule has 0 saturated carbocycles. The molecule has 0 saturated heterocycles. The Morgan fingerprint density at radius 1 is 0.583 bits per heavy atom. The van der Waals surface area contributed by atoms with E-state index in [1.807, 2.05) is 121 Å². The van der Waals surface area contributed by atoms with Gasteiger partial charge in [-0.2, -0.15) is 5.10 Å². The van der Waals surface area contributed by atoms with Crippen LogP contribution in [-0.4, -0.2) is 26.4 Å². The molecule has 226 valence electrons. The highest BCUT2D eigenvalue weighted by Gasteiger charge is 2.21. The van der Waals surface area contributed by atoms with E-state index in [0.717, 1.165) is 66.2 Å². The van der Waals surface area contributed by atoms with E-state index in [9.17, 15) is 5.41 Å². The highest BCUT2D eigenvalue weighted by atomic mass is 16.3. The second-order valence-electron chi connectivity index (χ2n) is 11.6. The van der Waals surface area contributed by atoms with Gasteiger partial charge < -0.3 is 4.42 Å². The normalized spacial score (nSPS) is 13.4. The van der Waals surface area contributed by atoms with Gasteiger partial charge in [-0.15, -0.1) is 0 Å². The van der Waals surface area contributed by atoms with Gasteiger partial charge in [0.2, 0.25) is 0 Å². The summed E-state index contributed by atoms with van der Waals surface area (Å²) in [5, 5.41) is 17.7. The molecular weight excluding hydrogens is 592 g/mol. The van der Waals surface area contributed by atoms with E-state index >= 15 is 0 Å². The summed E-state index contributed by atoms with van der Waals surface area (Å²) in [7, 11) is 0. The standard InChI is InChI=1S/C41H26N6O/c42-38-33(47-46-29-12-5-2-6-13-29)23-22-26-20-18-25-19-21-28(24-32(25)36(26)38)40-43-39(27-10-3-1-4-11-27)44-41(45-40)31-15-9-17-35-37(31)30-14-7-8-16-34(30)48-35/h1-24,42,46H/b42-38?,47-33-. The summed E-state index contributed by atoms with van der Waals surface area (Å²) in [5.41, 5.74) is 10.8. The maximum atomic E-state index is 9.20. The maximum Gasteiger partial charge on any atom is 0.164 e. The van der Waals surface area contributed by atoms with Gasteiger partial charge in [-0.25, -0.2) is 15.0 Å². The Balaban J connectivity index is 1.21. The summed E-state index contributed by atoms with van der Waals surface area (Å²) in [6.45, 7) is 0. The number of furan rings is 1. The van der Waals surface area contributed by atoms with Crippen LogP contribution in [0, 0.1) is 5.41 Å². The van der Waals surface area contributed by atoms with Gasteiger partial charge in [-0.3, -0.25) is 10.8 Å². The number of hydrogen-bond acceptors (Lipinski definition) is 7. The average Bonchev–Trinajstić information content (AvgIpc) is 3.54. The summed E-state index contributed by atoms with van der Waals surface area (Å²) in [5.74, 6) is 1.68. The zero-order valence-corrected chi connectivity index (χ0v) is 25.6. The molecule has 2 heterocycles. The minimum Gasteiger partial charge on any atom is -0.456 e. The van der Waals surface area contributed by atoms with Crippen molar-refractivity contribution in [3.8, 4) is 34.2 Å². The van der Waals surface area contributed by atoms with Crippen molar-refractivity contribution in [1.29, 1.82) is 5.41 Å². The van der Waals surface area contributed by atoms with Gasteiger partial charge in [0, 0.05) is 33.0 Å². The molecule has 0 unspecified atom stereocenters. The summed E-state index contributed by atoms with van der Waals surface area (Å²) in [6.07, 6.45) is 3.89. The van der Waals surface area contributed by atoms with Gasteiger partial charge in [0.25, 0.3) is 0 Å². The van der Waals surface area contributed by atoms with Crippen LogP contribution in [0.5, 0.6) is 0 Å². The molecule has 7 heteroatoms. The predicted molar refractivity (Wildman–Crippen MR) is 194 cm³/mol. The third kappa shape index (κ3) is 4.73. The van der Waals surface area contributed by atoms with E-state index < -0.39 is 0 Å². The first-order valence-electron chi connectivity index (χ1n) is 15.6. The summed E-state index contributed by atoms with van der Waals surface area (Å²) < 4.78 is 6.20. The molecule has 6 aromatic carbocycles. The largest absolute Gasteiger partial charge is 0.456 e. The van der Waals surface area contributed by atoms with Crippen LogP contribution in [0.4, 0.5) is 5.69 Å². The molecule has 9 rings (SSSR count). The van der Waals surface area contributed by atoms with E-state index in [1.165, 1.54) is 0 Å². The average molecular weight is 619 g/mol. The van der Waals surface area contributed by atoms with Gasteiger partial charge in [0.1, 0.15) is 16.9 Å². The second kappa shape index (κ2) is 11.3. The minimum atomic E-state index is 0.346. The molecule has 0 bridgehead atoms. The number of anilines is 1. The lowest BCUT2D eigenvalue weighted by Gasteiger charge is -2.17. The molecule has 1 aliphatic rings. The topological polar surface area (TPSA) is 100 Å². The highest BCUT2D eigenvalue weighted by Crippen LogP contribution is 2.37. The molecule has 0 fully saturated rings. The monoisotopic (exact) mass is 618 g/mol. The van der Waals surface area contributed by atoms with Gasteiger partial charge in [0.15, 0.2) is 17.5 Å². The van der Waals surface area contributed by atoms with Gasteiger partial charge >= 0.3 is 0 Å². The Labute approximate surface area is 275 Å². The molecule has 0 aliphatic heterocycles. The molecule has 2 aromatic heterocycles. The van der Waals surface area contributed by atoms with Crippen LogP contribution in [0.15, 0.2) is 149 Å². The van der Waals surface area contributed by atoms with Crippen molar-refractivity contribution in [2.45, 2.75) is 0 Å². The predicted octanol–water partition coefficient (Wildman–Crippen LogP) is 9.79.